The maximum absolute atomic E-state index is 11.0. The molecule has 0 saturated heterocycles. The smallest absolute Gasteiger partial charge is 0.221 e. The fraction of sp³-hybridized carbons (Fsp3) is 0.533. The molecule has 0 spiro atoms. The van der Waals surface area contributed by atoms with Gasteiger partial charge >= 0.3 is 0 Å². The van der Waals surface area contributed by atoms with Gasteiger partial charge in [-0.15, -0.1) is 0 Å². The van der Waals surface area contributed by atoms with Crippen LogP contribution in [0.1, 0.15) is 52.1 Å². The first-order chi connectivity index (χ1) is 8.52. The van der Waals surface area contributed by atoms with Gasteiger partial charge in [-0.2, -0.15) is 0 Å². The van der Waals surface area contributed by atoms with Crippen LogP contribution in [-0.2, 0) is 4.79 Å². The van der Waals surface area contributed by atoms with Gasteiger partial charge in [0.1, 0.15) is 0 Å². The maximum atomic E-state index is 11.0. The number of nitrogens with one attached hydrogen (secondary N) is 2. The van der Waals surface area contributed by atoms with Crippen LogP contribution in [-0.4, -0.2) is 11.9 Å². The van der Waals surface area contributed by atoms with E-state index in [4.69, 9.17) is 0 Å². The summed E-state index contributed by atoms with van der Waals surface area (Å²) in [5, 5.41) is 6.38. The summed E-state index contributed by atoms with van der Waals surface area (Å²) in [4.78, 5) is 11.0. The van der Waals surface area contributed by atoms with Crippen molar-refractivity contribution in [2.45, 2.75) is 52.6 Å². The van der Waals surface area contributed by atoms with Crippen LogP contribution in [0.25, 0.3) is 0 Å². The standard InChI is InChI=1S/C15H24N2O/c1-5-7-11(2)16-12(3)14-8-6-9-15(10-14)17-13(4)18/h6,8-12,16H,5,7H2,1-4H3,(H,17,18). The molecule has 0 bridgehead atoms. The van der Waals surface area contributed by atoms with E-state index in [9.17, 15) is 4.79 Å². The molecule has 2 N–H and O–H groups in total. The van der Waals surface area contributed by atoms with E-state index < -0.39 is 0 Å². The minimum Gasteiger partial charge on any atom is -0.326 e. The molecule has 0 saturated carbocycles. The van der Waals surface area contributed by atoms with Gasteiger partial charge in [-0.3, -0.25) is 4.79 Å². The van der Waals surface area contributed by atoms with Crippen molar-refractivity contribution in [3.8, 4) is 0 Å². The molecule has 0 aromatic heterocycles. The molecule has 0 radical (unpaired) electrons. The number of anilines is 1. The van der Waals surface area contributed by atoms with Crippen LogP contribution >= 0.6 is 0 Å². The molecule has 1 amide bonds. The Morgan fingerprint density at radius 1 is 1.33 bits per heavy atom. The molecule has 3 nitrogen and oxygen atoms in total. The first-order valence-corrected chi connectivity index (χ1v) is 6.66. The van der Waals surface area contributed by atoms with E-state index in [1.165, 1.54) is 25.3 Å². The van der Waals surface area contributed by atoms with Gasteiger partial charge in [0.15, 0.2) is 0 Å². The monoisotopic (exact) mass is 248 g/mol. The fourth-order valence-corrected chi connectivity index (χ4v) is 2.13. The summed E-state index contributed by atoms with van der Waals surface area (Å²) >= 11 is 0. The summed E-state index contributed by atoms with van der Waals surface area (Å²) in [5.74, 6) is -0.0351. The summed E-state index contributed by atoms with van der Waals surface area (Å²) in [5.41, 5.74) is 2.06. The normalized spacial score (nSPS) is 14.0. The van der Waals surface area contributed by atoms with E-state index in [1.807, 2.05) is 18.2 Å². The summed E-state index contributed by atoms with van der Waals surface area (Å²) < 4.78 is 0. The first-order valence-electron chi connectivity index (χ1n) is 6.66. The van der Waals surface area contributed by atoms with Gasteiger partial charge in [-0.05, 0) is 38.0 Å². The van der Waals surface area contributed by atoms with Crippen molar-refractivity contribution in [2.24, 2.45) is 0 Å². The van der Waals surface area contributed by atoms with Crippen LogP contribution in [0.4, 0.5) is 5.69 Å². The van der Waals surface area contributed by atoms with E-state index >= 15 is 0 Å². The first kappa shape index (κ1) is 14.7. The average Bonchev–Trinajstić information content (AvgIpc) is 2.28. The predicted octanol–water partition coefficient (Wildman–Crippen LogP) is 3.48. The second-order valence-corrected chi connectivity index (χ2v) is 4.88. The molecule has 2 atom stereocenters. The molecular formula is C15H24N2O. The Morgan fingerprint density at radius 2 is 2.06 bits per heavy atom. The number of carbonyl (C=O) groups is 1. The number of hydrogen-bond donors (Lipinski definition) is 2. The fourth-order valence-electron chi connectivity index (χ4n) is 2.13. The van der Waals surface area contributed by atoms with Crippen LogP contribution in [0.15, 0.2) is 24.3 Å². The van der Waals surface area contributed by atoms with Crippen LogP contribution in [0.2, 0.25) is 0 Å². The number of hydrogen-bond acceptors (Lipinski definition) is 2. The maximum Gasteiger partial charge on any atom is 0.221 e. The van der Waals surface area contributed by atoms with Gasteiger partial charge in [-0.25, -0.2) is 0 Å². The van der Waals surface area contributed by atoms with Crippen molar-refractivity contribution in [1.29, 1.82) is 0 Å². The topological polar surface area (TPSA) is 41.1 Å². The van der Waals surface area contributed by atoms with Gasteiger partial charge in [0, 0.05) is 24.7 Å². The summed E-state index contributed by atoms with van der Waals surface area (Å²) in [6.45, 7) is 8.08. The third-order valence-electron chi connectivity index (χ3n) is 2.96. The number of amides is 1. The van der Waals surface area contributed by atoms with E-state index in [0.29, 0.717) is 12.1 Å². The quantitative estimate of drug-likeness (QED) is 0.809. The van der Waals surface area contributed by atoms with Crippen LogP contribution in [0, 0.1) is 0 Å². The lowest BCUT2D eigenvalue weighted by Crippen LogP contribution is -2.28. The van der Waals surface area contributed by atoms with Gasteiger partial charge in [-0.1, -0.05) is 25.5 Å². The van der Waals surface area contributed by atoms with Crippen LogP contribution in [0.5, 0.6) is 0 Å². The van der Waals surface area contributed by atoms with Crippen molar-refractivity contribution in [2.75, 3.05) is 5.32 Å². The van der Waals surface area contributed by atoms with Gasteiger partial charge in [0.05, 0.1) is 0 Å². The number of carbonyl (C=O) groups excluding carboxylic acids is 1. The molecular weight excluding hydrogens is 224 g/mol. The van der Waals surface area contributed by atoms with Crippen molar-refractivity contribution < 1.29 is 4.79 Å². The highest BCUT2D eigenvalue weighted by Gasteiger charge is 2.09. The summed E-state index contributed by atoms with van der Waals surface area (Å²) in [6.07, 6.45) is 2.36. The lowest BCUT2D eigenvalue weighted by Gasteiger charge is -2.20. The second-order valence-electron chi connectivity index (χ2n) is 4.88. The highest BCUT2D eigenvalue weighted by Crippen LogP contribution is 2.18. The summed E-state index contributed by atoms with van der Waals surface area (Å²) in [7, 11) is 0. The Morgan fingerprint density at radius 3 is 2.67 bits per heavy atom. The van der Waals surface area contributed by atoms with Gasteiger partial charge in [0.25, 0.3) is 0 Å². The van der Waals surface area contributed by atoms with E-state index in [0.717, 1.165) is 5.69 Å². The Kier molecular flexibility index (Phi) is 5.86. The lowest BCUT2D eigenvalue weighted by molar-refractivity contribution is -0.114. The molecule has 0 aliphatic heterocycles. The van der Waals surface area contributed by atoms with Gasteiger partial charge in [0.2, 0.25) is 5.91 Å². The molecule has 18 heavy (non-hydrogen) atoms. The number of benzene rings is 1. The minimum atomic E-state index is -0.0351. The third-order valence-corrected chi connectivity index (χ3v) is 2.96. The SMILES string of the molecule is CCCC(C)NC(C)c1cccc(NC(C)=O)c1. The molecule has 0 fully saturated rings. The Labute approximate surface area is 110 Å². The van der Waals surface area contributed by atoms with Crippen molar-refractivity contribution in [3.63, 3.8) is 0 Å². The largest absolute Gasteiger partial charge is 0.326 e. The highest BCUT2D eigenvalue weighted by molar-refractivity contribution is 5.88. The molecule has 100 valence electrons. The minimum absolute atomic E-state index is 0.0351. The summed E-state index contributed by atoms with van der Waals surface area (Å²) in [6, 6.07) is 8.80. The molecule has 0 aliphatic rings. The van der Waals surface area contributed by atoms with Crippen LogP contribution in [0.3, 0.4) is 0 Å². The third kappa shape index (κ3) is 4.88. The zero-order valence-electron chi connectivity index (χ0n) is 11.8. The highest BCUT2D eigenvalue weighted by atomic mass is 16.1. The lowest BCUT2D eigenvalue weighted by atomic mass is 10.1. The van der Waals surface area contributed by atoms with Crippen molar-refractivity contribution in [1.82, 2.24) is 5.32 Å². The van der Waals surface area contributed by atoms with E-state index in [-0.39, 0.29) is 5.91 Å². The Bertz CT molecular complexity index is 390. The molecule has 1 aromatic carbocycles. The van der Waals surface area contributed by atoms with Gasteiger partial charge < -0.3 is 10.6 Å². The zero-order valence-corrected chi connectivity index (χ0v) is 11.8. The predicted molar refractivity (Wildman–Crippen MR) is 76.7 cm³/mol. The van der Waals surface area contributed by atoms with Crippen molar-refractivity contribution in [3.05, 3.63) is 29.8 Å². The second kappa shape index (κ2) is 7.17. The number of rotatable bonds is 6. The molecule has 3 heteroatoms. The van der Waals surface area contributed by atoms with E-state index in [2.05, 4.69) is 37.5 Å². The van der Waals surface area contributed by atoms with Crippen molar-refractivity contribution >= 4 is 11.6 Å². The van der Waals surface area contributed by atoms with E-state index in [1.54, 1.807) is 0 Å². The Hall–Kier alpha value is -1.35. The average molecular weight is 248 g/mol. The molecule has 1 aromatic rings. The Balaban J connectivity index is 2.67. The zero-order chi connectivity index (χ0) is 13.5. The molecule has 0 heterocycles. The van der Waals surface area contributed by atoms with Crippen LogP contribution < -0.4 is 10.6 Å². The molecule has 2 unspecified atom stereocenters. The molecule has 0 aliphatic carbocycles. The molecule has 1 rings (SSSR count).